The number of benzene rings is 1. The van der Waals surface area contributed by atoms with Gasteiger partial charge in [-0.15, -0.1) is 0 Å². The van der Waals surface area contributed by atoms with E-state index < -0.39 is 91.4 Å². The molecule has 0 bridgehead atoms. The molecule has 1 aromatic rings. The number of aromatic hydroxyl groups is 1. The van der Waals surface area contributed by atoms with Crippen molar-refractivity contribution in [2.24, 2.45) is 11.5 Å². The van der Waals surface area contributed by atoms with E-state index in [-0.39, 0.29) is 12.2 Å². The Morgan fingerprint density at radius 1 is 0.737 bits per heavy atom. The first-order valence-corrected chi connectivity index (χ1v) is 11.1. The average Bonchev–Trinajstić information content (AvgIpc) is 2.80. The summed E-state index contributed by atoms with van der Waals surface area (Å²) in [7, 11) is 0. The number of carbonyl (C=O) groups excluding carboxylic acids is 4. The fourth-order valence-corrected chi connectivity index (χ4v) is 3.11. The number of rotatable bonds is 16. The zero-order valence-electron chi connectivity index (χ0n) is 20.0. The van der Waals surface area contributed by atoms with Crippen LogP contribution in [0.2, 0.25) is 0 Å². The van der Waals surface area contributed by atoms with Crippen LogP contribution in [0.1, 0.15) is 31.2 Å². The van der Waals surface area contributed by atoms with Crippen molar-refractivity contribution in [2.45, 2.75) is 56.3 Å². The Labute approximate surface area is 215 Å². The van der Waals surface area contributed by atoms with Gasteiger partial charge in [-0.3, -0.25) is 28.8 Å². The monoisotopic (exact) mass is 539 g/mol. The van der Waals surface area contributed by atoms with Crippen molar-refractivity contribution in [1.82, 2.24) is 16.0 Å². The van der Waals surface area contributed by atoms with Gasteiger partial charge in [0.05, 0.1) is 18.9 Å². The van der Waals surface area contributed by atoms with E-state index in [1.165, 1.54) is 24.3 Å². The number of carboxylic acids is 3. The number of phenols is 1. The molecule has 0 heterocycles. The summed E-state index contributed by atoms with van der Waals surface area (Å²) in [6.45, 7) is 0. The molecule has 1 aromatic carbocycles. The van der Waals surface area contributed by atoms with E-state index in [9.17, 15) is 48.9 Å². The van der Waals surface area contributed by atoms with Gasteiger partial charge in [0.25, 0.3) is 0 Å². The Morgan fingerprint density at radius 2 is 1.24 bits per heavy atom. The molecule has 38 heavy (non-hydrogen) atoms. The Kier molecular flexibility index (Phi) is 12.1. The molecule has 4 atom stereocenters. The SMILES string of the molecule is NC(=O)CCC(NC(=O)C(N)CC(=O)O)C(=O)NC(CC(=O)O)C(=O)NC(Cc1ccc(O)cc1)C(=O)O. The van der Waals surface area contributed by atoms with Gasteiger partial charge >= 0.3 is 17.9 Å². The van der Waals surface area contributed by atoms with Gasteiger partial charge in [0.2, 0.25) is 23.6 Å². The van der Waals surface area contributed by atoms with Crippen molar-refractivity contribution in [3.8, 4) is 5.75 Å². The van der Waals surface area contributed by atoms with Crippen molar-refractivity contribution in [2.75, 3.05) is 0 Å². The molecule has 0 saturated heterocycles. The predicted octanol–water partition coefficient (Wildman–Crippen LogP) is -2.98. The minimum absolute atomic E-state index is 0.0733. The highest BCUT2D eigenvalue weighted by atomic mass is 16.4. The van der Waals surface area contributed by atoms with Crippen LogP contribution in [0.25, 0.3) is 0 Å². The molecule has 1 rings (SSSR count). The zero-order valence-corrected chi connectivity index (χ0v) is 20.0. The van der Waals surface area contributed by atoms with E-state index in [0.29, 0.717) is 5.56 Å². The lowest BCUT2D eigenvalue weighted by Gasteiger charge is -2.24. The average molecular weight is 539 g/mol. The third-order valence-electron chi connectivity index (χ3n) is 5.05. The molecule has 0 aromatic heterocycles. The third kappa shape index (κ3) is 11.3. The number of primary amides is 1. The number of nitrogens with one attached hydrogen (secondary N) is 3. The first-order valence-electron chi connectivity index (χ1n) is 11.1. The molecule has 4 unspecified atom stereocenters. The Balaban J connectivity index is 3.05. The van der Waals surface area contributed by atoms with Crippen LogP contribution < -0.4 is 27.4 Å². The van der Waals surface area contributed by atoms with Gasteiger partial charge in [0.1, 0.15) is 23.9 Å². The van der Waals surface area contributed by atoms with Gasteiger partial charge < -0.3 is 47.8 Å². The normalized spacial score (nSPS) is 13.7. The summed E-state index contributed by atoms with van der Waals surface area (Å²) in [5.41, 5.74) is 11.0. The van der Waals surface area contributed by atoms with Gasteiger partial charge in [0.15, 0.2) is 0 Å². The highest BCUT2D eigenvalue weighted by Gasteiger charge is 2.32. The minimum Gasteiger partial charge on any atom is -0.508 e. The van der Waals surface area contributed by atoms with Crippen molar-refractivity contribution in [3.05, 3.63) is 29.8 Å². The summed E-state index contributed by atoms with van der Waals surface area (Å²) in [6, 6.07) is -1.05. The molecule has 208 valence electrons. The number of carboxylic acid groups (broad SMARTS) is 3. The summed E-state index contributed by atoms with van der Waals surface area (Å²) in [5, 5.41) is 43.2. The van der Waals surface area contributed by atoms with E-state index in [1.807, 2.05) is 0 Å². The number of amides is 4. The van der Waals surface area contributed by atoms with E-state index in [0.717, 1.165) is 0 Å². The third-order valence-corrected chi connectivity index (χ3v) is 5.05. The van der Waals surface area contributed by atoms with Crippen molar-refractivity contribution in [3.63, 3.8) is 0 Å². The van der Waals surface area contributed by atoms with Gasteiger partial charge in [-0.25, -0.2) is 4.79 Å². The predicted molar refractivity (Wildman–Crippen MR) is 126 cm³/mol. The lowest BCUT2D eigenvalue weighted by molar-refractivity contribution is -0.143. The number of hydrogen-bond donors (Lipinski definition) is 9. The first kappa shape index (κ1) is 31.3. The van der Waals surface area contributed by atoms with Crippen LogP contribution in [0.4, 0.5) is 0 Å². The maximum absolute atomic E-state index is 12.8. The molecule has 11 N–H and O–H groups in total. The molecule has 0 aliphatic rings. The number of carbonyl (C=O) groups is 7. The molecule has 0 spiro atoms. The van der Waals surface area contributed by atoms with E-state index >= 15 is 0 Å². The highest BCUT2D eigenvalue weighted by molar-refractivity contribution is 5.96. The van der Waals surface area contributed by atoms with Crippen LogP contribution in [-0.2, 0) is 40.0 Å². The standard InChI is InChI=1S/C22H29N5O11/c23-12(8-17(30)31)19(34)25-13(5-6-16(24)29)20(35)26-14(9-18(32)33)21(36)27-15(22(37)38)7-10-1-3-11(28)4-2-10/h1-4,12-15,28H,5-9,23H2,(H2,24,29)(H,25,34)(H,26,35)(H,27,36)(H,30,31)(H,32,33)(H,37,38). The van der Waals surface area contributed by atoms with Crippen molar-refractivity contribution in [1.29, 1.82) is 0 Å². The fourth-order valence-electron chi connectivity index (χ4n) is 3.11. The summed E-state index contributed by atoms with van der Waals surface area (Å²) in [5.74, 6) is -8.70. The minimum atomic E-state index is -1.80. The maximum atomic E-state index is 12.8. The van der Waals surface area contributed by atoms with Crippen LogP contribution in [-0.4, -0.2) is 86.1 Å². The molecule has 0 fully saturated rings. The van der Waals surface area contributed by atoms with E-state index in [4.69, 9.17) is 16.6 Å². The fraction of sp³-hybridized carbons (Fsp3) is 0.409. The van der Waals surface area contributed by atoms with E-state index in [1.54, 1.807) is 0 Å². The largest absolute Gasteiger partial charge is 0.508 e. The zero-order chi connectivity index (χ0) is 29.0. The number of nitrogens with two attached hydrogens (primary N) is 2. The molecule has 0 saturated carbocycles. The summed E-state index contributed by atoms with van der Waals surface area (Å²) < 4.78 is 0. The molecule has 4 amide bonds. The van der Waals surface area contributed by atoms with E-state index in [2.05, 4.69) is 16.0 Å². The Bertz CT molecular complexity index is 1060. The molecular formula is C22H29N5O11. The lowest BCUT2D eigenvalue weighted by atomic mass is 10.0. The summed E-state index contributed by atoms with van der Waals surface area (Å²) in [4.78, 5) is 82.8. The molecular weight excluding hydrogens is 510 g/mol. The molecule has 0 aliphatic carbocycles. The molecule has 0 aliphatic heterocycles. The summed E-state index contributed by atoms with van der Waals surface area (Å²) >= 11 is 0. The van der Waals surface area contributed by atoms with Crippen LogP contribution in [0.5, 0.6) is 5.75 Å². The first-order chi connectivity index (χ1) is 17.7. The van der Waals surface area contributed by atoms with Crippen LogP contribution >= 0.6 is 0 Å². The smallest absolute Gasteiger partial charge is 0.326 e. The molecule has 16 nitrogen and oxygen atoms in total. The Morgan fingerprint density at radius 3 is 1.74 bits per heavy atom. The second kappa shape index (κ2) is 14.7. The van der Waals surface area contributed by atoms with Gasteiger partial charge in [-0.1, -0.05) is 12.1 Å². The number of phenolic OH excluding ortho intramolecular Hbond substituents is 1. The Hall–Kier alpha value is -4.73. The van der Waals surface area contributed by atoms with Gasteiger partial charge in [-0.2, -0.15) is 0 Å². The van der Waals surface area contributed by atoms with Crippen LogP contribution in [0.3, 0.4) is 0 Å². The highest BCUT2D eigenvalue weighted by Crippen LogP contribution is 2.12. The van der Waals surface area contributed by atoms with Crippen LogP contribution in [0, 0.1) is 0 Å². The molecule has 0 radical (unpaired) electrons. The topological polar surface area (TPSA) is 289 Å². The lowest BCUT2D eigenvalue weighted by Crippen LogP contribution is -2.57. The molecule has 16 heteroatoms. The quantitative estimate of drug-likeness (QED) is 0.102. The summed E-state index contributed by atoms with van der Waals surface area (Å²) in [6.07, 6.45) is -2.81. The van der Waals surface area contributed by atoms with Crippen molar-refractivity contribution >= 4 is 41.5 Å². The second-order valence-corrected chi connectivity index (χ2v) is 8.20. The van der Waals surface area contributed by atoms with Crippen LogP contribution in [0.15, 0.2) is 24.3 Å². The maximum Gasteiger partial charge on any atom is 0.326 e. The van der Waals surface area contributed by atoms with Gasteiger partial charge in [0, 0.05) is 12.8 Å². The number of hydrogen-bond acceptors (Lipinski definition) is 9. The second-order valence-electron chi connectivity index (χ2n) is 8.20. The number of aliphatic carboxylic acids is 3. The van der Waals surface area contributed by atoms with Gasteiger partial charge in [-0.05, 0) is 24.1 Å². The van der Waals surface area contributed by atoms with Crippen molar-refractivity contribution < 1.29 is 54.0 Å².